The van der Waals surface area contributed by atoms with Crippen molar-refractivity contribution in [1.29, 1.82) is 0 Å². The van der Waals surface area contributed by atoms with Crippen molar-refractivity contribution in [1.82, 2.24) is 4.98 Å². The van der Waals surface area contributed by atoms with E-state index in [1.165, 1.54) is 0 Å². The minimum atomic E-state index is 0.678. The first-order valence-corrected chi connectivity index (χ1v) is 7.69. The fraction of sp³-hybridized carbons (Fsp3) is 0.118. The first-order chi connectivity index (χ1) is 10.3. The molecule has 0 fully saturated rings. The van der Waals surface area contributed by atoms with Crippen LogP contribution in [0.1, 0.15) is 6.92 Å². The summed E-state index contributed by atoms with van der Waals surface area (Å²) < 4.78 is 5.45. The molecule has 21 heavy (non-hydrogen) atoms. The monoisotopic (exact) mass is 296 g/mol. The van der Waals surface area contributed by atoms with Crippen LogP contribution in [0.2, 0.25) is 0 Å². The van der Waals surface area contributed by atoms with E-state index in [0.717, 1.165) is 33.3 Å². The van der Waals surface area contributed by atoms with Crippen LogP contribution in [0.25, 0.3) is 21.8 Å². The Morgan fingerprint density at radius 2 is 1.67 bits per heavy atom. The molecule has 106 valence electrons. The van der Waals surface area contributed by atoms with Crippen LogP contribution in [-0.4, -0.2) is 11.6 Å². The maximum Gasteiger partial charge on any atom is 0.124 e. The zero-order chi connectivity index (χ0) is 14.7. The van der Waals surface area contributed by atoms with Crippen molar-refractivity contribution in [2.45, 2.75) is 6.92 Å². The second kappa shape index (κ2) is 5.97. The highest BCUT2D eigenvalue weighted by atomic mass is 32.1. The molecule has 0 bridgehead atoms. The molecule has 3 rings (SSSR count). The highest BCUT2D eigenvalue weighted by Crippen LogP contribution is 2.30. The van der Waals surface area contributed by atoms with E-state index in [2.05, 4.69) is 5.38 Å². The zero-order valence-corrected chi connectivity index (χ0v) is 12.6. The normalized spacial score (nSPS) is 10.5. The third-order valence-electron chi connectivity index (χ3n) is 3.12. The highest BCUT2D eigenvalue weighted by molar-refractivity contribution is 7.13. The number of hydrogen-bond donors (Lipinski definition) is 1. The molecular formula is C17H16N2OS. The topological polar surface area (TPSA) is 48.1 Å². The molecule has 2 N–H and O–H groups in total. The molecule has 1 aromatic heterocycles. The Bertz CT molecular complexity index is 717. The van der Waals surface area contributed by atoms with Crippen molar-refractivity contribution >= 4 is 17.0 Å². The van der Waals surface area contributed by atoms with Gasteiger partial charge in [0, 0.05) is 22.2 Å². The molecule has 1 heterocycles. The Hall–Kier alpha value is -2.33. The SMILES string of the molecule is CCOc1ccc(-c2csc(-c3ccc(N)cc3)n2)cc1. The molecular weight excluding hydrogens is 280 g/mol. The lowest BCUT2D eigenvalue weighted by atomic mass is 10.1. The molecule has 0 saturated heterocycles. The Kier molecular flexibility index (Phi) is 3.88. The fourth-order valence-corrected chi connectivity index (χ4v) is 2.89. The van der Waals surface area contributed by atoms with Gasteiger partial charge in [0.2, 0.25) is 0 Å². The van der Waals surface area contributed by atoms with Gasteiger partial charge in [-0.2, -0.15) is 0 Å². The van der Waals surface area contributed by atoms with E-state index in [4.69, 9.17) is 15.5 Å². The van der Waals surface area contributed by atoms with E-state index in [9.17, 15) is 0 Å². The van der Waals surface area contributed by atoms with Crippen LogP contribution in [0.3, 0.4) is 0 Å². The van der Waals surface area contributed by atoms with Crippen LogP contribution in [0.15, 0.2) is 53.9 Å². The first-order valence-electron chi connectivity index (χ1n) is 6.81. The molecule has 0 radical (unpaired) electrons. The van der Waals surface area contributed by atoms with Crippen LogP contribution in [-0.2, 0) is 0 Å². The summed E-state index contributed by atoms with van der Waals surface area (Å²) >= 11 is 1.63. The number of nitrogens with two attached hydrogens (primary N) is 1. The van der Waals surface area contributed by atoms with E-state index in [1.54, 1.807) is 11.3 Å². The number of rotatable bonds is 4. The quantitative estimate of drug-likeness (QED) is 0.723. The number of nitrogen functional groups attached to an aromatic ring is 1. The minimum absolute atomic E-state index is 0.678. The maximum atomic E-state index is 5.71. The van der Waals surface area contributed by atoms with Crippen LogP contribution in [0.5, 0.6) is 5.75 Å². The van der Waals surface area contributed by atoms with Crippen molar-refractivity contribution in [3.8, 4) is 27.6 Å². The van der Waals surface area contributed by atoms with Crippen molar-refractivity contribution in [2.24, 2.45) is 0 Å². The summed E-state index contributed by atoms with van der Waals surface area (Å²) in [6.07, 6.45) is 0. The Labute approximate surface area is 128 Å². The van der Waals surface area contributed by atoms with E-state index in [0.29, 0.717) is 6.61 Å². The van der Waals surface area contributed by atoms with Gasteiger partial charge in [-0.05, 0) is 55.5 Å². The number of anilines is 1. The van der Waals surface area contributed by atoms with Gasteiger partial charge in [0.05, 0.1) is 12.3 Å². The van der Waals surface area contributed by atoms with Crippen molar-refractivity contribution in [3.63, 3.8) is 0 Å². The number of hydrogen-bond acceptors (Lipinski definition) is 4. The predicted molar refractivity (Wildman–Crippen MR) is 88.6 cm³/mol. The van der Waals surface area contributed by atoms with E-state index in [1.807, 2.05) is 55.5 Å². The summed E-state index contributed by atoms with van der Waals surface area (Å²) in [4.78, 5) is 4.69. The number of ether oxygens (including phenoxy) is 1. The van der Waals surface area contributed by atoms with Gasteiger partial charge in [0.1, 0.15) is 10.8 Å². The zero-order valence-electron chi connectivity index (χ0n) is 11.7. The van der Waals surface area contributed by atoms with Gasteiger partial charge in [-0.25, -0.2) is 4.98 Å². The lowest BCUT2D eigenvalue weighted by molar-refractivity contribution is 0.340. The number of nitrogens with zero attached hydrogens (tertiary/aromatic N) is 1. The third-order valence-corrected chi connectivity index (χ3v) is 4.01. The van der Waals surface area contributed by atoms with Gasteiger partial charge < -0.3 is 10.5 Å². The lowest BCUT2D eigenvalue weighted by Gasteiger charge is -2.03. The average molecular weight is 296 g/mol. The summed E-state index contributed by atoms with van der Waals surface area (Å²) in [6, 6.07) is 15.8. The van der Waals surface area contributed by atoms with Gasteiger partial charge in [0.25, 0.3) is 0 Å². The summed E-state index contributed by atoms with van der Waals surface area (Å²) in [5.74, 6) is 0.884. The van der Waals surface area contributed by atoms with Crippen LogP contribution in [0.4, 0.5) is 5.69 Å². The van der Waals surface area contributed by atoms with Gasteiger partial charge in [0.15, 0.2) is 0 Å². The molecule has 2 aromatic carbocycles. The fourth-order valence-electron chi connectivity index (χ4n) is 2.05. The molecule has 3 nitrogen and oxygen atoms in total. The van der Waals surface area contributed by atoms with Crippen LogP contribution >= 0.6 is 11.3 Å². The summed E-state index contributed by atoms with van der Waals surface area (Å²) in [5.41, 5.74) is 9.64. The van der Waals surface area contributed by atoms with Gasteiger partial charge in [-0.3, -0.25) is 0 Å². The Morgan fingerprint density at radius 3 is 2.33 bits per heavy atom. The lowest BCUT2D eigenvalue weighted by Crippen LogP contribution is -1.90. The standard InChI is InChI=1S/C17H16N2OS/c1-2-20-15-9-5-12(6-10-15)16-11-21-17(19-16)13-3-7-14(18)8-4-13/h3-11H,2,18H2,1H3. The molecule has 0 aliphatic carbocycles. The summed E-state index contributed by atoms with van der Waals surface area (Å²) in [5, 5.41) is 3.07. The molecule has 0 unspecified atom stereocenters. The van der Waals surface area contributed by atoms with Crippen LogP contribution < -0.4 is 10.5 Å². The molecule has 0 spiro atoms. The molecule has 0 atom stereocenters. The van der Waals surface area contributed by atoms with Crippen LogP contribution in [0, 0.1) is 0 Å². The van der Waals surface area contributed by atoms with Crippen molar-refractivity contribution < 1.29 is 4.74 Å². The Morgan fingerprint density at radius 1 is 1.00 bits per heavy atom. The average Bonchev–Trinajstić information content (AvgIpc) is 2.99. The summed E-state index contributed by atoms with van der Waals surface area (Å²) in [7, 11) is 0. The summed E-state index contributed by atoms with van der Waals surface area (Å²) in [6.45, 7) is 2.66. The maximum absolute atomic E-state index is 5.71. The minimum Gasteiger partial charge on any atom is -0.494 e. The first kappa shape index (κ1) is 13.6. The molecule has 3 aromatic rings. The molecule has 0 amide bonds. The second-order valence-electron chi connectivity index (χ2n) is 4.62. The largest absolute Gasteiger partial charge is 0.494 e. The van der Waals surface area contributed by atoms with Gasteiger partial charge in [-0.15, -0.1) is 11.3 Å². The number of aromatic nitrogens is 1. The Balaban J connectivity index is 1.85. The molecule has 0 aliphatic heterocycles. The van der Waals surface area contributed by atoms with E-state index < -0.39 is 0 Å². The second-order valence-corrected chi connectivity index (χ2v) is 5.48. The predicted octanol–water partition coefficient (Wildman–Crippen LogP) is 4.46. The van der Waals surface area contributed by atoms with Crippen molar-refractivity contribution in [2.75, 3.05) is 12.3 Å². The number of benzene rings is 2. The third kappa shape index (κ3) is 3.06. The molecule has 0 aliphatic rings. The number of thiazole rings is 1. The van der Waals surface area contributed by atoms with Gasteiger partial charge >= 0.3 is 0 Å². The molecule has 4 heteroatoms. The van der Waals surface area contributed by atoms with E-state index in [-0.39, 0.29) is 0 Å². The molecule has 0 saturated carbocycles. The van der Waals surface area contributed by atoms with E-state index >= 15 is 0 Å². The van der Waals surface area contributed by atoms with Crippen molar-refractivity contribution in [3.05, 3.63) is 53.9 Å². The smallest absolute Gasteiger partial charge is 0.124 e. The van der Waals surface area contributed by atoms with Gasteiger partial charge in [-0.1, -0.05) is 0 Å². The highest BCUT2D eigenvalue weighted by Gasteiger charge is 2.06.